The summed E-state index contributed by atoms with van der Waals surface area (Å²) in [7, 11) is -5.61. The number of benzene rings is 2. The van der Waals surface area contributed by atoms with Crippen molar-refractivity contribution in [2.45, 2.75) is 17.9 Å². The number of nitro groups is 1. The molecule has 158 valence electrons. The largest absolute Gasteiger partial charge is 0.497 e. The summed E-state index contributed by atoms with van der Waals surface area (Å²) in [6.07, 6.45) is 1.63. The van der Waals surface area contributed by atoms with E-state index < -0.39 is 24.7 Å². The van der Waals surface area contributed by atoms with E-state index in [-0.39, 0.29) is 16.3 Å². The molecule has 0 amide bonds. The second-order valence-corrected chi connectivity index (χ2v) is 10.6. The Balaban J connectivity index is 1.90. The zero-order chi connectivity index (χ0) is 21.5. The Morgan fingerprint density at radius 2 is 1.66 bits per heavy atom. The fourth-order valence-corrected chi connectivity index (χ4v) is 5.80. The molecule has 0 bridgehead atoms. The van der Waals surface area contributed by atoms with Crippen LogP contribution in [0, 0.1) is 10.1 Å². The van der Waals surface area contributed by atoms with Gasteiger partial charge in [0.15, 0.2) is 0 Å². The lowest BCUT2D eigenvalue weighted by Gasteiger charge is -2.07. The van der Waals surface area contributed by atoms with Crippen LogP contribution in [-0.4, -0.2) is 43.3 Å². The summed E-state index contributed by atoms with van der Waals surface area (Å²) >= 11 is 0. The Morgan fingerprint density at radius 1 is 1.03 bits per heavy atom. The summed E-state index contributed by atoms with van der Waals surface area (Å²) < 4.78 is 51.2. The maximum atomic E-state index is 12.5. The van der Waals surface area contributed by atoms with Gasteiger partial charge < -0.3 is 9.47 Å². The van der Waals surface area contributed by atoms with Gasteiger partial charge in [0.25, 0.3) is 15.7 Å². The molecule has 2 aromatic carbocycles. The standard InChI is InChI=1S/C18H22N2O7S2/c1-26-17-8-4-15(5-9-17)14-27-12-3-13-28(2,23)19-29(24,25)18-10-6-16(7-11-18)20(21)22/h4-11H,3,12-14H2,1-2H3/t28-/m0/s1. The molecule has 0 aliphatic rings. The first-order chi connectivity index (χ1) is 13.6. The summed E-state index contributed by atoms with van der Waals surface area (Å²) in [5.41, 5.74) is 0.712. The Hall–Kier alpha value is -2.50. The average Bonchev–Trinajstić information content (AvgIpc) is 2.67. The lowest BCUT2D eigenvalue weighted by atomic mass is 10.2. The fourth-order valence-electron chi connectivity index (χ4n) is 2.37. The highest BCUT2D eigenvalue weighted by Gasteiger charge is 2.17. The molecule has 29 heavy (non-hydrogen) atoms. The van der Waals surface area contributed by atoms with Gasteiger partial charge in [0.05, 0.1) is 33.3 Å². The normalized spacial score (nSPS) is 13.4. The Kier molecular flexibility index (Phi) is 7.71. The quantitative estimate of drug-likeness (QED) is 0.314. The van der Waals surface area contributed by atoms with Crippen molar-refractivity contribution in [1.82, 2.24) is 0 Å². The van der Waals surface area contributed by atoms with Crippen LogP contribution in [0.15, 0.2) is 57.2 Å². The molecule has 2 aromatic rings. The number of ether oxygens (including phenoxy) is 2. The van der Waals surface area contributed by atoms with Gasteiger partial charge in [0.1, 0.15) is 5.75 Å². The van der Waals surface area contributed by atoms with Crippen molar-refractivity contribution < 1.29 is 27.0 Å². The average molecular weight is 443 g/mol. The molecule has 0 spiro atoms. The molecule has 9 nitrogen and oxygen atoms in total. The lowest BCUT2D eigenvalue weighted by Crippen LogP contribution is -2.10. The topological polar surface area (TPSA) is 125 Å². The number of rotatable bonds is 10. The minimum atomic E-state index is -4.18. The number of methoxy groups -OCH3 is 1. The lowest BCUT2D eigenvalue weighted by molar-refractivity contribution is -0.384. The van der Waals surface area contributed by atoms with E-state index in [1.54, 1.807) is 7.11 Å². The van der Waals surface area contributed by atoms with Crippen molar-refractivity contribution in [3.05, 3.63) is 64.2 Å². The van der Waals surface area contributed by atoms with Gasteiger partial charge in [0.2, 0.25) is 0 Å². The van der Waals surface area contributed by atoms with E-state index in [0.717, 1.165) is 35.6 Å². The van der Waals surface area contributed by atoms with Crippen molar-refractivity contribution in [3.63, 3.8) is 0 Å². The molecule has 1 atom stereocenters. The summed E-state index contributed by atoms with van der Waals surface area (Å²) in [6, 6.07) is 11.6. The van der Waals surface area contributed by atoms with E-state index >= 15 is 0 Å². The third kappa shape index (κ3) is 7.11. The smallest absolute Gasteiger partial charge is 0.290 e. The number of hydrogen-bond donors (Lipinski definition) is 0. The number of hydrogen-bond acceptors (Lipinski definition) is 7. The fraction of sp³-hybridized carbons (Fsp3) is 0.333. The first kappa shape index (κ1) is 22.8. The highest BCUT2D eigenvalue weighted by molar-refractivity contribution is 8.02. The number of nitrogens with zero attached hydrogens (tertiary/aromatic N) is 2. The minimum Gasteiger partial charge on any atom is -0.497 e. The molecule has 2 rings (SSSR count). The maximum absolute atomic E-state index is 12.5. The predicted octanol–water partition coefficient (Wildman–Crippen LogP) is 3.00. The van der Waals surface area contributed by atoms with Gasteiger partial charge in [-0.3, -0.25) is 10.1 Å². The van der Waals surface area contributed by atoms with Gasteiger partial charge in [-0.05, 0) is 36.2 Å². The van der Waals surface area contributed by atoms with E-state index in [1.807, 2.05) is 24.3 Å². The van der Waals surface area contributed by atoms with E-state index in [9.17, 15) is 22.7 Å². The maximum Gasteiger partial charge on any atom is 0.290 e. The van der Waals surface area contributed by atoms with Gasteiger partial charge in [-0.25, -0.2) is 4.21 Å². The number of nitro benzene ring substituents is 1. The van der Waals surface area contributed by atoms with Crippen molar-refractivity contribution in [3.8, 4) is 5.75 Å². The third-order valence-corrected chi connectivity index (χ3v) is 7.80. The zero-order valence-corrected chi connectivity index (χ0v) is 17.6. The summed E-state index contributed by atoms with van der Waals surface area (Å²) in [5.74, 6) is 0.789. The molecule has 0 aliphatic carbocycles. The van der Waals surface area contributed by atoms with Gasteiger partial charge >= 0.3 is 0 Å². The number of non-ortho nitro benzene ring substituents is 1. The predicted molar refractivity (Wildman–Crippen MR) is 109 cm³/mol. The molecule has 0 aromatic heterocycles. The molecule has 0 heterocycles. The SMILES string of the molecule is COc1ccc(COCCC[S@](C)(=O)=NS(=O)(=O)c2ccc([N+](=O)[O-])cc2)cc1. The number of sulfonamides is 1. The van der Waals surface area contributed by atoms with Crippen LogP contribution in [0.1, 0.15) is 12.0 Å². The van der Waals surface area contributed by atoms with E-state index in [0.29, 0.717) is 19.6 Å². The van der Waals surface area contributed by atoms with Crippen molar-refractivity contribution in [1.29, 1.82) is 0 Å². The van der Waals surface area contributed by atoms with Crippen LogP contribution < -0.4 is 4.74 Å². The van der Waals surface area contributed by atoms with Crippen LogP contribution in [0.3, 0.4) is 0 Å². The Labute approximate surface area is 170 Å². The zero-order valence-electron chi connectivity index (χ0n) is 16.0. The molecule has 0 fully saturated rings. The monoisotopic (exact) mass is 442 g/mol. The van der Waals surface area contributed by atoms with Crippen LogP contribution >= 0.6 is 0 Å². The third-order valence-electron chi connectivity index (χ3n) is 3.84. The van der Waals surface area contributed by atoms with Crippen LogP contribution in [-0.2, 0) is 31.1 Å². The van der Waals surface area contributed by atoms with Crippen LogP contribution in [0.4, 0.5) is 5.69 Å². The molecule has 0 aliphatic heterocycles. The highest BCUT2D eigenvalue weighted by Crippen LogP contribution is 2.19. The van der Waals surface area contributed by atoms with Crippen molar-refractivity contribution >= 4 is 25.4 Å². The molecular weight excluding hydrogens is 420 g/mol. The van der Waals surface area contributed by atoms with Gasteiger partial charge in [-0.1, -0.05) is 12.1 Å². The first-order valence-electron chi connectivity index (χ1n) is 8.54. The van der Waals surface area contributed by atoms with Crippen molar-refractivity contribution in [2.24, 2.45) is 3.77 Å². The van der Waals surface area contributed by atoms with Gasteiger partial charge in [0, 0.05) is 30.7 Å². The van der Waals surface area contributed by atoms with E-state index in [4.69, 9.17) is 9.47 Å². The second kappa shape index (κ2) is 9.81. The summed E-state index contributed by atoms with van der Waals surface area (Å²) in [6.45, 7) is 0.664. The molecule has 0 saturated carbocycles. The first-order valence-corrected chi connectivity index (χ1v) is 12.1. The highest BCUT2D eigenvalue weighted by atomic mass is 32.3. The molecule has 0 unspecified atom stereocenters. The van der Waals surface area contributed by atoms with E-state index in [2.05, 4.69) is 3.77 Å². The molecule has 11 heteroatoms. The molecule has 0 radical (unpaired) electrons. The minimum absolute atomic E-state index is 0.0435. The Morgan fingerprint density at radius 3 is 2.21 bits per heavy atom. The molecule has 0 saturated heterocycles. The van der Waals surface area contributed by atoms with Gasteiger partial charge in [-0.15, -0.1) is 3.77 Å². The van der Waals surface area contributed by atoms with Gasteiger partial charge in [-0.2, -0.15) is 8.42 Å². The second-order valence-electron chi connectivity index (χ2n) is 6.22. The van der Waals surface area contributed by atoms with Crippen molar-refractivity contribution in [2.75, 3.05) is 25.7 Å². The Bertz CT molecular complexity index is 1060. The molecular formula is C18H22N2O7S2. The summed E-state index contributed by atoms with van der Waals surface area (Å²) in [4.78, 5) is 9.77. The summed E-state index contributed by atoms with van der Waals surface area (Å²) in [5, 5.41) is 10.7. The van der Waals surface area contributed by atoms with Crippen LogP contribution in [0.5, 0.6) is 5.75 Å². The van der Waals surface area contributed by atoms with Crippen LogP contribution in [0.2, 0.25) is 0 Å². The van der Waals surface area contributed by atoms with E-state index in [1.165, 1.54) is 6.26 Å². The molecule has 0 N–H and O–H groups in total. The van der Waals surface area contributed by atoms with Crippen LogP contribution in [0.25, 0.3) is 0 Å².